The molecule has 8 heteroatoms. The van der Waals surface area contributed by atoms with Gasteiger partial charge in [-0.3, -0.25) is 0 Å². The van der Waals surface area contributed by atoms with Gasteiger partial charge in [0.2, 0.25) is 11.0 Å². The average molecular weight is 325 g/mol. The Hall–Kier alpha value is -1.67. The van der Waals surface area contributed by atoms with E-state index in [1.807, 2.05) is 6.92 Å². The molecule has 3 rings (SSSR count). The lowest BCUT2D eigenvalue weighted by molar-refractivity contribution is 0.241. The molecule has 1 aliphatic heterocycles. The Balaban J connectivity index is 1.91. The number of hydrogen-bond donors (Lipinski definition) is 0. The maximum Gasteiger partial charge on any atom is 0.276 e. The van der Waals surface area contributed by atoms with Crippen molar-refractivity contribution in [3.05, 3.63) is 18.2 Å². The zero-order valence-electron chi connectivity index (χ0n) is 12.7. The Bertz CT molecular complexity index is 750. The van der Waals surface area contributed by atoms with E-state index >= 15 is 0 Å². The first kappa shape index (κ1) is 15.2. The van der Waals surface area contributed by atoms with Crippen LogP contribution in [0.1, 0.15) is 38.5 Å². The van der Waals surface area contributed by atoms with E-state index in [2.05, 4.69) is 10.2 Å². The third kappa shape index (κ3) is 2.68. The highest BCUT2D eigenvalue weighted by Gasteiger charge is 2.34. The summed E-state index contributed by atoms with van der Waals surface area (Å²) in [5, 5.41) is 7.53. The summed E-state index contributed by atoms with van der Waals surface area (Å²) in [6.07, 6.45) is 4.98. The first-order valence-corrected chi connectivity index (χ1v) is 8.87. The molecular weight excluding hydrogens is 306 g/mol. The van der Waals surface area contributed by atoms with E-state index in [9.17, 15) is 8.42 Å². The van der Waals surface area contributed by atoms with E-state index in [0.29, 0.717) is 18.0 Å². The van der Waals surface area contributed by atoms with Crippen molar-refractivity contribution in [2.45, 2.75) is 50.7 Å². The van der Waals surface area contributed by atoms with E-state index < -0.39 is 10.0 Å². The van der Waals surface area contributed by atoms with E-state index in [4.69, 9.17) is 8.83 Å². The van der Waals surface area contributed by atoms with Crippen LogP contribution in [0, 0.1) is 6.92 Å². The molecule has 120 valence electrons. The van der Waals surface area contributed by atoms with Crippen LogP contribution < -0.4 is 0 Å². The predicted octanol–water partition coefficient (Wildman–Crippen LogP) is 2.59. The maximum absolute atomic E-state index is 12.8. The Labute approximate surface area is 129 Å². The molecule has 0 unspecified atom stereocenters. The molecule has 7 nitrogen and oxygen atoms in total. The van der Waals surface area contributed by atoms with Crippen molar-refractivity contribution in [3.63, 3.8) is 0 Å². The highest BCUT2D eigenvalue weighted by atomic mass is 32.2. The van der Waals surface area contributed by atoms with Crippen molar-refractivity contribution in [2.24, 2.45) is 0 Å². The lowest BCUT2D eigenvalue weighted by Gasteiger charge is -2.33. The summed E-state index contributed by atoms with van der Waals surface area (Å²) in [5.41, 5.74) is 0.476. The lowest BCUT2D eigenvalue weighted by atomic mass is 10.0. The molecule has 1 atom stereocenters. The summed E-state index contributed by atoms with van der Waals surface area (Å²) < 4.78 is 37.7. The van der Waals surface area contributed by atoms with Crippen molar-refractivity contribution in [1.29, 1.82) is 0 Å². The summed E-state index contributed by atoms with van der Waals surface area (Å²) in [5.74, 6) is 0.677. The predicted molar refractivity (Wildman–Crippen MR) is 78.6 cm³/mol. The minimum atomic E-state index is -3.63. The monoisotopic (exact) mass is 325 g/mol. The number of hydrogen-bond acceptors (Lipinski definition) is 6. The third-order valence-electron chi connectivity index (χ3n) is 3.96. The van der Waals surface area contributed by atoms with E-state index in [1.165, 1.54) is 12.3 Å². The van der Waals surface area contributed by atoms with Crippen LogP contribution in [0.15, 0.2) is 26.3 Å². The second-order valence-electron chi connectivity index (χ2n) is 5.45. The number of piperidine rings is 1. The van der Waals surface area contributed by atoms with Gasteiger partial charge in [-0.15, -0.1) is 10.2 Å². The van der Waals surface area contributed by atoms with Crippen LogP contribution in [0.2, 0.25) is 0 Å². The first-order chi connectivity index (χ1) is 10.5. The van der Waals surface area contributed by atoms with Crippen LogP contribution in [0.4, 0.5) is 0 Å². The highest BCUT2D eigenvalue weighted by molar-refractivity contribution is 7.89. The Kier molecular flexibility index (Phi) is 4.05. The van der Waals surface area contributed by atoms with Crippen LogP contribution in [0.25, 0.3) is 11.5 Å². The third-order valence-corrected chi connectivity index (χ3v) is 5.78. The zero-order valence-corrected chi connectivity index (χ0v) is 13.5. The minimum Gasteiger partial charge on any atom is -0.451 e. The summed E-state index contributed by atoms with van der Waals surface area (Å²) in [7, 11) is -3.63. The van der Waals surface area contributed by atoms with E-state index in [1.54, 1.807) is 11.2 Å². The summed E-state index contributed by atoms with van der Waals surface area (Å²) in [4.78, 5) is 0. The molecule has 1 saturated heterocycles. The minimum absolute atomic E-state index is 0.0398. The molecule has 0 spiro atoms. The SMILES string of the molecule is CC[C@H]1CCCCN1S(=O)(=O)c1cc(-c2nnc(C)o2)co1. The van der Waals surface area contributed by atoms with Gasteiger partial charge < -0.3 is 8.83 Å². The Morgan fingerprint density at radius 2 is 2.18 bits per heavy atom. The van der Waals surface area contributed by atoms with Gasteiger partial charge in [-0.2, -0.15) is 4.31 Å². The van der Waals surface area contributed by atoms with Crippen LogP contribution in [0.3, 0.4) is 0 Å². The number of nitrogens with zero attached hydrogens (tertiary/aromatic N) is 3. The number of furan rings is 1. The Morgan fingerprint density at radius 1 is 1.36 bits per heavy atom. The van der Waals surface area contributed by atoms with E-state index in [0.717, 1.165) is 25.7 Å². The molecular formula is C14H19N3O4S. The smallest absolute Gasteiger partial charge is 0.276 e. The largest absolute Gasteiger partial charge is 0.451 e. The molecule has 1 fully saturated rings. The van der Waals surface area contributed by atoms with Gasteiger partial charge in [-0.25, -0.2) is 8.42 Å². The normalized spacial score (nSPS) is 20.4. The number of aromatic nitrogens is 2. The molecule has 2 aromatic heterocycles. The number of rotatable bonds is 4. The fourth-order valence-electron chi connectivity index (χ4n) is 2.79. The summed E-state index contributed by atoms with van der Waals surface area (Å²) >= 11 is 0. The fraction of sp³-hybridized carbons (Fsp3) is 0.571. The maximum atomic E-state index is 12.8. The van der Waals surface area contributed by atoms with E-state index in [-0.39, 0.29) is 17.0 Å². The second kappa shape index (κ2) is 5.85. The second-order valence-corrected chi connectivity index (χ2v) is 7.28. The van der Waals surface area contributed by atoms with Gasteiger partial charge in [0.1, 0.15) is 6.26 Å². The highest BCUT2D eigenvalue weighted by Crippen LogP contribution is 2.30. The molecule has 0 radical (unpaired) electrons. The van der Waals surface area contributed by atoms with Gasteiger partial charge >= 0.3 is 0 Å². The summed E-state index contributed by atoms with van der Waals surface area (Å²) in [6.45, 7) is 4.22. The van der Waals surface area contributed by atoms with Crippen molar-refractivity contribution in [2.75, 3.05) is 6.54 Å². The van der Waals surface area contributed by atoms with Crippen LogP contribution >= 0.6 is 0 Å². The zero-order chi connectivity index (χ0) is 15.7. The topological polar surface area (TPSA) is 89.4 Å². The molecule has 3 heterocycles. The molecule has 0 N–H and O–H groups in total. The van der Waals surface area contributed by atoms with Gasteiger partial charge in [0.05, 0.1) is 5.56 Å². The quantitative estimate of drug-likeness (QED) is 0.858. The van der Waals surface area contributed by atoms with Gasteiger partial charge in [0.15, 0.2) is 0 Å². The number of aryl methyl sites for hydroxylation is 1. The van der Waals surface area contributed by atoms with Gasteiger partial charge in [-0.05, 0) is 19.3 Å². The molecule has 0 bridgehead atoms. The fourth-order valence-corrected chi connectivity index (χ4v) is 4.48. The first-order valence-electron chi connectivity index (χ1n) is 7.43. The van der Waals surface area contributed by atoms with Gasteiger partial charge in [0, 0.05) is 25.6 Å². The van der Waals surface area contributed by atoms with Crippen molar-refractivity contribution < 1.29 is 17.3 Å². The Morgan fingerprint density at radius 3 is 2.86 bits per heavy atom. The van der Waals surface area contributed by atoms with Crippen molar-refractivity contribution in [3.8, 4) is 11.5 Å². The summed E-state index contributed by atoms with van der Waals surface area (Å²) in [6, 6.07) is 1.49. The molecule has 1 aliphatic rings. The molecule has 0 amide bonds. The van der Waals surface area contributed by atoms with Crippen molar-refractivity contribution >= 4 is 10.0 Å². The molecule has 22 heavy (non-hydrogen) atoms. The molecule has 0 aromatic carbocycles. The van der Waals surface area contributed by atoms with Gasteiger partial charge in [0.25, 0.3) is 15.9 Å². The van der Waals surface area contributed by atoms with Crippen LogP contribution in [-0.2, 0) is 10.0 Å². The van der Waals surface area contributed by atoms with Crippen molar-refractivity contribution in [1.82, 2.24) is 14.5 Å². The molecule has 0 saturated carbocycles. The van der Waals surface area contributed by atoms with Gasteiger partial charge in [-0.1, -0.05) is 13.3 Å². The molecule has 0 aliphatic carbocycles. The molecule has 2 aromatic rings. The average Bonchev–Trinajstić information content (AvgIpc) is 3.16. The standard InChI is InChI=1S/C14H19N3O4S/c1-3-12-6-4-5-7-17(12)22(18,19)13-8-11(9-20-13)14-16-15-10(2)21-14/h8-9,12H,3-7H2,1-2H3/t12-/m0/s1. The number of sulfonamides is 1. The van der Waals surface area contributed by atoms with Crippen LogP contribution in [0.5, 0.6) is 0 Å². The lowest BCUT2D eigenvalue weighted by Crippen LogP contribution is -2.43. The van der Waals surface area contributed by atoms with Crippen LogP contribution in [-0.4, -0.2) is 35.5 Å².